The third-order valence-electron chi connectivity index (χ3n) is 2.41. The van der Waals surface area contributed by atoms with Gasteiger partial charge in [-0.3, -0.25) is 0 Å². The fraction of sp³-hybridized carbons (Fsp3) is 0.375. The average molecular weight is 290 g/mol. The van der Waals surface area contributed by atoms with E-state index in [0.717, 1.165) is 0 Å². The van der Waals surface area contributed by atoms with Crippen LogP contribution in [0.5, 0.6) is 0 Å². The molecule has 0 unspecified atom stereocenters. The van der Waals surface area contributed by atoms with Gasteiger partial charge in [-0.2, -0.15) is 5.26 Å². The molecule has 21 heavy (non-hydrogen) atoms. The van der Waals surface area contributed by atoms with Gasteiger partial charge in [-0.1, -0.05) is 12.2 Å². The number of hydrogen-bond donors (Lipinski definition) is 1. The molecular formula is C16H19FN2O2. The zero-order valence-corrected chi connectivity index (χ0v) is 12.4. The smallest absolute Gasteiger partial charge is 0.407 e. The van der Waals surface area contributed by atoms with Crippen molar-refractivity contribution in [3.05, 3.63) is 41.2 Å². The molecule has 1 aromatic carbocycles. The van der Waals surface area contributed by atoms with Gasteiger partial charge in [-0.25, -0.2) is 9.18 Å². The summed E-state index contributed by atoms with van der Waals surface area (Å²) in [5.74, 6) is -0.388. The molecule has 0 fully saturated rings. The third-order valence-corrected chi connectivity index (χ3v) is 2.41. The van der Waals surface area contributed by atoms with Crippen molar-refractivity contribution in [2.24, 2.45) is 0 Å². The number of ether oxygens (including phenoxy) is 1. The van der Waals surface area contributed by atoms with Crippen LogP contribution in [0.3, 0.4) is 0 Å². The van der Waals surface area contributed by atoms with Crippen molar-refractivity contribution in [3.63, 3.8) is 0 Å². The van der Waals surface area contributed by atoms with Crippen LogP contribution in [0.4, 0.5) is 9.18 Å². The van der Waals surface area contributed by atoms with Crippen molar-refractivity contribution in [2.45, 2.75) is 32.8 Å². The number of halogens is 1. The molecular weight excluding hydrogens is 271 g/mol. The average Bonchev–Trinajstić information content (AvgIpc) is 2.36. The summed E-state index contributed by atoms with van der Waals surface area (Å²) >= 11 is 0. The Bertz CT molecular complexity index is 569. The van der Waals surface area contributed by atoms with E-state index in [1.54, 1.807) is 32.9 Å². The van der Waals surface area contributed by atoms with Gasteiger partial charge in [-0.15, -0.1) is 0 Å². The summed E-state index contributed by atoms with van der Waals surface area (Å²) < 4.78 is 18.2. The minimum absolute atomic E-state index is 0.388. The zero-order valence-electron chi connectivity index (χ0n) is 12.4. The van der Waals surface area contributed by atoms with Crippen LogP contribution < -0.4 is 5.32 Å². The van der Waals surface area contributed by atoms with Crippen molar-refractivity contribution in [1.82, 2.24) is 5.32 Å². The maximum Gasteiger partial charge on any atom is 0.407 e. The van der Waals surface area contributed by atoms with E-state index >= 15 is 0 Å². The van der Waals surface area contributed by atoms with Crippen LogP contribution in [-0.4, -0.2) is 18.2 Å². The Hall–Kier alpha value is -2.35. The number of rotatable bonds is 4. The van der Waals surface area contributed by atoms with Gasteiger partial charge >= 0.3 is 6.09 Å². The lowest BCUT2D eigenvalue weighted by Gasteiger charge is -2.19. The van der Waals surface area contributed by atoms with Gasteiger partial charge in [0, 0.05) is 6.54 Å². The SMILES string of the molecule is CC(C)(C)OC(=O)NCCC=Cc1cc(F)ccc1C#N. The number of nitriles is 1. The first-order chi connectivity index (χ1) is 9.81. The first kappa shape index (κ1) is 16.7. The minimum atomic E-state index is -0.525. The molecule has 1 rings (SSSR count). The van der Waals surface area contributed by atoms with E-state index < -0.39 is 11.7 Å². The molecule has 0 saturated heterocycles. The molecule has 1 amide bonds. The molecule has 1 aromatic rings. The lowest BCUT2D eigenvalue weighted by Crippen LogP contribution is -2.32. The summed E-state index contributed by atoms with van der Waals surface area (Å²) in [4.78, 5) is 11.4. The fourth-order valence-electron chi connectivity index (χ4n) is 1.56. The van der Waals surface area contributed by atoms with Gasteiger partial charge < -0.3 is 10.1 Å². The van der Waals surface area contributed by atoms with Crippen LogP contribution in [0.25, 0.3) is 6.08 Å². The second-order valence-electron chi connectivity index (χ2n) is 5.46. The number of carbonyl (C=O) groups excluding carboxylic acids is 1. The Morgan fingerprint density at radius 1 is 1.48 bits per heavy atom. The number of carbonyl (C=O) groups is 1. The van der Waals surface area contributed by atoms with Gasteiger partial charge in [0.15, 0.2) is 0 Å². The molecule has 0 aliphatic carbocycles. The zero-order chi connectivity index (χ0) is 15.9. The van der Waals surface area contributed by atoms with Gasteiger partial charge in [0.05, 0.1) is 11.6 Å². The van der Waals surface area contributed by atoms with E-state index in [4.69, 9.17) is 10.00 Å². The third kappa shape index (κ3) is 6.57. The van der Waals surface area contributed by atoms with Crippen molar-refractivity contribution >= 4 is 12.2 Å². The van der Waals surface area contributed by atoms with Crippen molar-refractivity contribution in [2.75, 3.05) is 6.54 Å². The van der Waals surface area contributed by atoms with E-state index in [-0.39, 0.29) is 5.82 Å². The number of amides is 1. The van der Waals surface area contributed by atoms with Gasteiger partial charge in [0.2, 0.25) is 0 Å². The highest BCUT2D eigenvalue weighted by atomic mass is 19.1. The molecule has 0 atom stereocenters. The van der Waals surface area contributed by atoms with Crippen molar-refractivity contribution < 1.29 is 13.9 Å². The molecule has 4 nitrogen and oxygen atoms in total. The number of benzene rings is 1. The summed E-state index contributed by atoms with van der Waals surface area (Å²) in [6.07, 6.45) is 3.52. The summed E-state index contributed by atoms with van der Waals surface area (Å²) in [5, 5.41) is 11.5. The van der Waals surface area contributed by atoms with E-state index in [0.29, 0.717) is 24.1 Å². The quantitative estimate of drug-likeness (QED) is 0.861. The van der Waals surface area contributed by atoms with E-state index in [2.05, 4.69) is 5.32 Å². The Balaban J connectivity index is 2.45. The number of hydrogen-bond acceptors (Lipinski definition) is 3. The monoisotopic (exact) mass is 290 g/mol. The summed E-state index contributed by atoms with van der Waals surface area (Å²) in [5.41, 5.74) is 0.408. The highest BCUT2D eigenvalue weighted by Gasteiger charge is 2.15. The van der Waals surface area contributed by atoms with E-state index in [9.17, 15) is 9.18 Å². The molecule has 5 heteroatoms. The maximum absolute atomic E-state index is 13.1. The lowest BCUT2D eigenvalue weighted by molar-refractivity contribution is 0.0529. The van der Waals surface area contributed by atoms with Crippen molar-refractivity contribution in [1.29, 1.82) is 5.26 Å². The molecule has 0 saturated carbocycles. The molecule has 1 N–H and O–H groups in total. The van der Waals surface area contributed by atoms with E-state index in [1.165, 1.54) is 18.2 Å². The summed E-state index contributed by atoms with van der Waals surface area (Å²) in [6.45, 7) is 5.78. The standard InChI is InChI=1S/C16H19FN2O2/c1-16(2,3)21-15(20)19-9-5-4-6-12-10-14(17)8-7-13(12)11-18/h4,6-8,10H,5,9H2,1-3H3,(H,19,20). The molecule has 0 heterocycles. The molecule has 0 aliphatic heterocycles. The van der Waals surface area contributed by atoms with Crippen LogP contribution in [0, 0.1) is 17.1 Å². The Kier molecular flexibility index (Phi) is 5.92. The predicted octanol–water partition coefficient (Wildman–Crippen LogP) is 3.63. The number of nitrogens with one attached hydrogen (secondary N) is 1. The minimum Gasteiger partial charge on any atom is -0.444 e. The molecule has 112 valence electrons. The van der Waals surface area contributed by atoms with Crippen LogP contribution in [0.15, 0.2) is 24.3 Å². The maximum atomic E-state index is 13.1. The summed E-state index contributed by atoms with van der Waals surface area (Å²) in [7, 11) is 0. The second kappa shape index (κ2) is 7.44. The van der Waals surface area contributed by atoms with E-state index in [1.807, 2.05) is 6.07 Å². The van der Waals surface area contributed by atoms with Crippen LogP contribution in [0.2, 0.25) is 0 Å². The molecule has 0 radical (unpaired) electrons. The number of alkyl carbamates (subject to hydrolysis) is 1. The van der Waals surface area contributed by atoms with Gasteiger partial charge in [0.25, 0.3) is 0 Å². The topological polar surface area (TPSA) is 62.1 Å². The molecule has 0 spiro atoms. The predicted molar refractivity (Wildman–Crippen MR) is 79.0 cm³/mol. The highest BCUT2D eigenvalue weighted by Crippen LogP contribution is 2.12. The Morgan fingerprint density at radius 3 is 2.81 bits per heavy atom. The normalized spacial score (nSPS) is 11.2. The number of nitrogens with zero attached hydrogens (tertiary/aromatic N) is 1. The lowest BCUT2D eigenvalue weighted by atomic mass is 10.1. The van der Waals surface area contributed by atoms with Gasteiger partial charge in [0.1, 0.15) is 11.4 Å². The molecule has 0 aromatic heterocycles. The highest BCUT2D eigenvalue weighted by molar-refractivity contribution is 5.67. The Morgan fingerprint density at radius 2 is 2.19 bits per heavy atom. The van der Waals surface area contributed by atoms with Crippen LogP contribution >= 0.6 is 0 Å². The fourth-order valence-corrected chi connectivity index (χ4v) is 1.56. The molecule has 0 aliphatic rings. The first-order valence-electron chi connectivity index (χ1n) is 6.65. The van der Waals surface area contributed by atoms with Gasteiger partial charge in [-0.05, 0) is 51.0 Å². The van der Waals surface area contributed by atoms with Crippen molar-refractivity contribution in [3.8, 4) is 6.07 Å². The molecule has 0 bridgehead atoms. The van der Waals surface area contributed by atoms with Crippen LogP contribution in [-0.2, 0) is 4.74 Å². The first-order valence-corrected chi connectivity index (χ1v) is 6.65. The summed E-state index contributed by atoms with van der Waals surface area (Å²) in [6, 6.07) is 5.99. The largest absolute Gasteiger partial charge is 0.444 e. The van der Waals surface area contributed by atoms with Crippen LogP contribution in [0.1, 0.15) is 38.3 Å². The Labute approximate surface area is 124 Å². The second-order valence-corrected chi connectivity index (χ2v) is 5.46.